The fraction of sp³-hybridized carbons (Fsp3) is 0.113. The van der Waals surface area contributed by atoms with E-state index in [0.717, 1.165) is 5.56 Å². The standard InChI is InChI=1S/C53H38O2/c1-5-48(54)55-23-22-31-26-38-9-7-33-11-17-41(45-21-15-39(27-31)50(38)52(33)45)35-13-19-43-42-18-12-34(28-46(42)53(3,4)47(43)29-35)40-16-10-32-6-8-36-24-30(2)25-37-14-20-44(40)51(32)49(36)37/h5-21,24-29H,1,22-23H2,2-4H3. The van der Waals surface area contributed by atoms with E-state index in [4.69, 9.17) is 4.74 Å². The van der Waals surface area contributed by atoms with Gasteiger partial charge in [0.15, 0.2) is 0 Å². The van der Waals surface area contributed by atoms with Crippen LogP contribution in [-0.4, -0.2) is 12.6 Å². The number of carbonyl (C=O) groups is 1. The molecule has 55 heavy (non-hydrogen) atoms. The minimum absolute atomic E-state index is 0.168. The molecule has 10 aromatic rings. The van der Waals surface area contributed by atoms with Crippen LogP contribution in [0.1, 0.15) is 36.1 Å². The Labute approximate surface area is 320 Å². The first-order valence-electron chi connectivity index (χ1n) is 19.2. The Bertz CT molecular complexity index is 3210. The summed E-state index contributed by atoms with van der Waals surface area (Å²) in [5.74, 6) is -0.385. The maximum absolute atomic E-state index is 11.6. The Kier molecular flexibility index (Phi) is 6.68. The molecule has 0 bridgehead atoms. The van der Waals surface area contributed by atoms with Gasteiger partial charge in [0.1, 0.15) is 0 Å². The molecule has 0 N–H and O–H groups in total. The van der Waals surface area contributed by atoms with Crippen LogP contribution in [0.25, 0.3) is 98.0 Å². The van der Waals surface area contributed by atoms with Crippen LogP contribution < -0.4 is 0 Å². The molecule has 0 spiro atoms. The SMILES string of the molecule is C=CC(=O)OCCc1cc2ccc3ccc(-c4ccc5c(c4)C(C)(C)c4cc(-c6ccc7ccc8cc(C)cc9ccc6c7c89)ccc4-5)c4ccc(c1)c2c34. The Morgan fingerprint density at radius 3 is 1.49 bits per heavy atom. The van der Waals surface area contributed by atoms with Crippen molar-refractivity contribution in [3.05, 3.63) is 168 Å². The predicted molar refractivity (Wildman–Crippen MR) is 232 cm³/mol. The van der Waals surface area contributed by atoms with Crippen LogP contribution in [0.4, 0.5) is 0 Å². The molecule has 1 aliphatic rings. The zero-order chi connectivity index (χ0) is 37.2. The van der Waals surface area contributed by atoms with Crippen LogP contribution in [-0.2, 0) is 21.4 Å². The zero-order valence-corrected chi connectivity index (χ0v) is 31.2. The number of benzene rings is 10. The summed E-state index contributed by atoms with van der Waals surface area (Å²) in [6, 6.07) is 50.7. The number of rotatable bonds is 6. The molecule has 0 amide bonds. The van der Waals surface area contributed by atoms with Crippen LogP contribution in [0.5, 0.6) is 0 Å². The second-order valence-corrected chi connectivity index (χ2v) is 16.1. The van der Waals surface area contributed by atoms with Crippen LogP contribution >= 0.6 is 0 Å². The molecule has 11 rings (SSSR count). The van der Waals surface area contributed by atoms with Crippen LogP contribution in [0.2, 0.25) is 0 Å². The summed E-state index contributed by atoms with van der Waals surface area (Å²) in [6.45, 7) is 10.8. The van der Waals surface area contributed by atoms with E-state index in [1.165, 1.54) is 121 Å². The van der Waals surface area contributed by atoms with E-state index in [1.54, 1.807) is 0 Å². The Balaban J connectivity index is 0.994. The van der Waals surface area contributed by atoms with Gasteiger partial charge in [-0.3, -0.25) is 0 Å². The summed E-state index contributed by atoms with van der Waals surface area (Å²) in [4.78, 5) is 11.6. The molecular weight excluding hydrogens is 669 g/mol. The third-order valence-corrected chi connectivity index (χ3v) is 12.5. The second-order valence-electron chi connectivity index (χ2n) is 16.1. The quantitative estimate of drug-likeness (QED) is 0.0977. The molecule has 10 aromatic carbocycles. The van der Waals surface area contributed by atoms with Gasteiger partial charge < -0.3 is 4.74 Å². The van der Waals surface area contributed by atoms with Crippen molar-refractivity contribution in [3.63, 3.8) is 0 Å². The molecule has 1 aliphatic carbocycles. The van der Waals surface area contributed by atoms with Crippen LogP contribution in [0, 0.1) is 6.92 Å². The fourth-order valence-electron chi connectivity index (χ4n) is 9.91. The first-order valence-corrected chi connectivity index (χ1v) is 19.2. The predicted octanol–water partition coefficient (Wildman–Crippen LogP) is 13.7. The van der Waals surface area contributed by atoms with Crippen molar-refractivity contribution in [2.75, 3.05) is 6.61 Å². The van der Waals surface area contributed by atoms with E-state index in [0.29, 0.717) is 13.0 Å². The van der Waals surface area contributed by atoms with Gasteiger partial charge in [-0.15, -0.1) is 0 Å². The average Bonchev–Trinajstić information content (AvgIpc) is 3.43. The van der Waals surface area contributed by atoms with E-state index in [1.807, 2.05) is 0 Å². The van der Waals surface area contributed by atoms with Gasteiger partial charge in [-0.2, -0.15) is 0 Å². The highest BCUT2D eigenvalue weighted by atomic mass is 16.5. The van der Waals surface area contributed by atoms with E-state index in [-0.39, 0.29) is 11.4 Å². The van der Waals surface area contributed by atoms with Gasteiger partial charge in [-0.1, -0.05) is 142 Å². The van der Waals surface area contributed by atoms with Crippen molar-refractivity contribution in [1.82, 2.24) is 0 Å². The van der Waals surface area contributed by atoms with Crippen LogP contribution in [0.3, 0.4) is 0 Å². The highest BCUT2D eigenvalue weighted by Crippen LogP contribution is 2.52. The highest BCUT2D eigenvalue weighted by Gasteiger charge is 2.36. The van der Waals surface area contributed by atoms with Gasteiger partial charge in [0.25, 0.3) is 0 Å². The number of aryl methyl sites for hydroxylation is 1. The molecule has 2 nitrogen and oxygen atoms in total. The van der Waals surface area contributed by atoms with Crippen LogP contribution in [0.15, 0.2) is 146 Å². The maximum Gasteiger partial charge on any atom is 0.330 e. The molecule has 0 radical (unpaired) electrons. The number of fused-ring (bicyclic) bond motifs is 3. The van der Waals surface area contributed by atoms with Crippen molar-refractivity contribution in [2.24, 2.45) is 0 Å². The van der Waals surface area contributed by atoms with Gasteiger partial charge >= 0.3 is 5.97 Å². The van der Waals surface area contributed by atoms with Gasteiger partial charge in [0.05, 0.1) is 6.61 Å². The van der Waals surface area contributed by atoms with Crippen molar-refractivity contribution in [3.8, 4) is 33.4 Å². The van der Waals surface area contributed by atoms with E-state index >= 15 is 0 Å². The smallest absolute Gasteiger partial charge is 0.330 e. The summed E-state index contributed by atoms with van der Waals surface area (Å²) < 4.78 is 5.28. The molecular formula is C53H38O2. The molecule has 262 valence electrons. The topological polar surface area (TPSA) is 26.3 Å². The largest absolute Gasteiger partial charge is 0.462 e. The van der Waals surface area contributed by atoms with E-state index < -0.39 is 0 Å². The molecule has 2 heteroatoms. The summed E-state index contributed by atoms with van der Waals surface area (Å²) in [5, 5.41) is 15.5. The van der Waals surface area contributed by atoms with Crippen molar-refractivity contribution >= 4 is 70.6 Å². The summed E-state index contributed by atoms with van der Waals surface area (Å²) in [6.07, 6.45) is 1.87. The lowest BCUT2D eigenvalue weighted by Gasteiger charge is -2.23. The minimum atomic E-state index is -0.385. The molecule has 0 saturated carbocycles. The first-order chi connectivity index (χ1) is 26.8. The average molecular weight is 707 g/mol. The molecule has 0 heterocycles. The molecule has 0 atom stereocenters. The third kappa shape index (κ3) is 4.64. The van der Waals surface area contributed by atoms with Gasteiger partial charge in [-0.25, -0.2) is 4.79 Å². The second kappa shape index (κ2) is 11.5. The Morgan fingerprint density at radius 2 is 0.982 bits per heavy atom. The van der Waals surface area contributed by atoms with Crippen molar-refractivity contribution in [1.29, 1.82) is 0 Å². The Morgan fingerprint density at radius 1 is 0.545 bits per heavy atom. The molecule has 0 fully saturated rings. The first kappa shape index (κ1) is 32.0. The molecule has 0 aromatic heterocycles. The number of esters is 1. The lowest BCUT2D eigenvalue weighted by atomic mass is 9.80. The maximum atomic E-state index is 11.6. The number of carbonyl (C=O) groups excluding carboxylic acids is 1. The number of hydrogen-bond donors (Lipinski definition) is 0. The fourth-order valence-corrected chi connectivity index (χ4v) is 9.91. The molecule has 0 saturated heterocycles. The minimum Gasteiger partial charge on any atom is -0.462 e. The van der Waals surface area contributed by atoms with Crippen molar-refractivity contribution < 1.29 is 9.53 Å². The zero-order valence-electron chi connectivity index (χ0n) is 31.2. The lowest BCUT2D eigenvalue weighted by molar-refractivity contribution is -0.137. The number of ether oxygens (including phenoxy) is 1. The van der Waals surface area contributed by atoms with Gasteiger partial charge in [0, 0.05) is 17.9 Å². The summed E-state index contributed by atoms with van der Waals surface area (Å²) in [5.41, 5.74) is 12.7. The third-order valence-electron chi connectivity index (χ3n) is 12.5. The lowest BCUT2D eigenvalue weighted by Crippen LogP contribution is -2.15. The normalized spacial score (nSPS) is 13.4. The van der Waals surface area contributed by atoms with E-state index in [2.05, 4.69) is 161 Å². The van der Waals surface area contributed by atoms with Gasteiger partial charge in [-0.05, 0) is 139 Å². The van der Waals surface area contributed by atoms with Gasteiger partial charge in [0.2, 0.25) is 0 Å². The van der Waals surface area contributed by atoms with E-state index in [9.17, 15) is 4.79 Å². The number of hydrogen-bond acceptors (Lipinski definition) is 2. The summed E-state index contributed by atoms with van der Waals surface area (Å²) >= 11 is 0. The van der Waals surface area contributed by atoms with Crippen molar-refractivity contribution in [2.45, 2.75) is 32.6 Å². The Hall–Kier alpha value is -6.51. The molecule has 0 aliphatic heterocycles. The summed E-state index contributed by atoms with van der Waals surface area (Å²) in [7, 11) is 0. The monoisotopic (exact) mass is 706 g/mol. The highest BCUT2D eigenvalue weighted by molar-refractivity contribution is 6.27. The molecule has 0 unspecified atom stereocenters.